The minimum atomic E-state index is -4.84. The lowest BCUT2D eigenvalue weighted by molar-refractivity contribution is -0.145. The van der Waals surface area contributed by atoms with E-state index in [4.69, 9.17) is 23.2 Å². The Morgan fingerprint density at radius 1 is 0.958 bits per heavy atom. The lowest BCUT2D eigenvalue weighted by Crippen LogP contribution is -2.29. The number of nitrogens with one attached hydrogen (secondary N) is 2. The molecule has 0 aliphatic heterocycles. The van der Waals surface area contributed by atoms with Crippen LogP contribution in [0, 0.1) is 6.92 Å². The Bertz CT molecular complexity index is 1990. The first-order valence-corrected chi connectivity index (χ1v) is 14.3. The molecule has 0 bridgehead atoms. The molecule has 5 rings (SSSR count). The van der Waals surface area contributed by atoms with Crippen molar-refractivity contribution in [1.82, 2.24) is 45.3 Å². The smallest absolute Gasteiger partial charge is 0.344 e. The van der Waals surface area contributed by atoms with Crippen molar-refractivity contribution in [3.63, 3.8) is 0 Å². The third-order valence-electron chi connectivity index (χ3n) is 6.63. The fraction of sp³-hybridized carbons (Fsp3) is 0.214. The third kappa shape index (κ3) is 7.54. The van der Waals surface area contributed by atoms with Gasteiger partial charge in [-0.15, -0.1) is 10.2 Å². The summed E-state index contributed by atoms with van der Waals surface area (Å²) in [5.41, 5.74) is -0.715. The predicted molar refractivity (Wildman–Crippen MR) is 158 cm³/mol. The summed E-state index contributed by atoms with van der Waals surface area (Å²) >= 11 is 12.5. The van der Waals surface area contributed by atoms with E-state index in [1.807, 2.05) is 0 Å². The number of tetrazole rings is 1. The fourth-order valence-corrected chi connectivity index (χ4v) is 4.85. The Morgan fingerprint density at radius 3 is 2.33 bits per heavy atom. The van der Waals surface area contributed by atoms with Gasteiger partial charge in [0.15, 0.2) is 5.82 Å². The molecule has 1 aromatic carbocycles. The summed E-state index contributed by atoms with van der Waals surface area (Å²) in [6, 6.07) is 8.08. The Hall–Kier alpha value is -5.10. The van der Waals surface area contributed by atoms with Gasteiger partial charge in [0.2, 0.25) is 0 Å². The van der Waals surface area contributed by atoms with Gasteiger partial charge in [0.25, 0.3) is 17.6 Å². The average molecular weight is 713 g/mol. The van der Waals surface area contributed by atoms with Gasteiger partial charge < -0.3 is 10.6 Å². The zero-order valence-corrected chi connectivity index (χ0v) is 25.9. The highest BCUT2D eigenvalue weighted by molar-refractivity contribution is 6.32. The molecule has 0 radical (unpaired) electrons. The van der Waals surface area contributed by atoms with Crippen molar-refractivity contribution in [2.24, 2.45) is 0 Å². The highest BCUT2D eigenvalue weighted by Crippen LogP contribution is 2.31. The molecule has 0 saturated heterocycles. The molecule has 20 heteroatoms. The van der Waals surface area contributed by atoms with E-state index in [1.54, 1.807) is 6.92 Å². The highest BCUT2D eigenvalue weighted by Gasteiger charge is 2.37. The number of amides is 2. The van der Waals surface area contributed by atoms with E-state index in [-0.39, 0.29) is 44.2 Å². The van der Waals surface area contributed by atoms with Crippen molar-refractivity contribution in [1.29, 1.82) is 0 Å². The first-order valence-electron chi connectivity index (χ1n) is 13.5. The van der Waals surface area contributed by atoms with Crippen molar-refractivity contribution in [2.45, 2.75) is 38.8 Å². The van der Waals surface area contributed by atoms with Gasteiger partial charge in [-0.25, -0.2) is 9.67 Å². The first-order chi connectivity index (χ1) is 22.5. The number of alkyl halides is 6. The Labute approximate surface area is 276 Å². The van der Waals surface area contributed by atoms with Crippen LogP contribution in [0.3, 0.4) is 0 Å². The first kappa shape index (κ1) is 34.2. The van der Waals surface area contributed by atoms with E-state index in [0.29, 0.717) is 16.6 Å². The summed E-state index contributed by atoms with van der Waals surface area (Å²) in [6.07, 6.45) is -7.41. The minimum Gasteiger partial charge on any atom is -0.344 e. The van der Waals surface area contributed by atoms with Crippen LogP contribution >= 0.6 is 23.2 Å². The molecule has 1 unspecified atom stereocenters. The average Bonchev–Trinajstić information content (AvgIpc) is 3.66. The predicted octanol–water partition coefficient (Wildman–Crippen LogP) is 6.09. The molecule has 4 aromatic heterocycles. The number of halogens is 8. The molecular formula is C28H20Cl2F6N10O2. The van der Waals surface area contributed by atoms with Crippen LogP contribution in [-0.2, 0) is 18.9 Å². The summed E-state index contributed by atoms with van der Waals surface area (Å²) in [5.74, 6) is -3.05. The maximum absolute atomic E-state index is 13.8. The summed E-state index contributed by atoms with van der Waals surface area (Å²) in [6.45, 7) is 2.64. The van der Waals surface area contributed by atoms with Gasteiger partial charge in [-0.1, -0.05) is 23.2 Å². The van der Waals surface area contributed by atoms with Gasteiger partial charge in [0.05, 0.1) is 39.3 Å². The van der Waals surface area contributed by atoms with E-state index in [1.165, 1.54) is 43.5 Å². The number of anilines is 1. The second-order valence-electron chi connectivity index (χ2n) is 10.1. The molecule has 5 aromatic rings. The van der Waals surface area contributed by atoms with E-state index in [2.05, 4.69) is 41.1 Å². The van der Waals surface area contributed by atoms with E-state index in [9.17, 15) is 35.9 Å². The van der Waals surface area contributed by atoms with Crippen LogP contribution < -0.4 is 10.6 Å². The quantitative estimate of drug-likeness (QED) is 0.184. The van der Waals surface area contributed by atoms with Crippen LogP contribution in [-0.4, -0.2) is 51.8 Å². The molecule has 0 fully saturated rings. The van der Waals surface area contributed by atoms with Crippen LogP contribution in [0.1, 0.15) is 62.2 Å². The molecule has 0 aliphatic carbocycles. The second kappa shape index (κ2) is 13.2. The van der Waals surface area contributed by atoms with E-state index >= 15 is 0 Å². The maximum Gasteiger partial charge on any atom is 0.455 e. The number of hydrogen-bond donors (Lipinski definition) is 2. The van der Waals surface area contributed by atoms with Crippen molar-refractivity contribution in [2.75, 3.05) is 5.32 Å². The third-order valence-corrected chi connectivity index (χ3v) is 7.14. The number of pyridine rings is 2. The zero-order chi connectivity index (χ0) is 35.0. The van der Waals surface area contributed by atoms with Crippen molar-refractivity contribution in [3.8, 4) is 5.82 Å². The van der Waals surface area contributed by atoms with Crippen molar-refractivity contribution < 1.29 is 35.9 Å². The molecule has 48 heavy (non-hydrogen) atoms. The monoisotopic (exact) mass is 712 g/mol. The molecule has 1 atom stereocenters. The number of rotatable bonds is 8. The van der Waals surface area contributed by atoms with Crippen molar-refractivity contribution in [3.05, 3.63) is 105 Å². The van der Waals surface area contributed by atoms with Gasteiger partial charge in [0.1, 0.15) is 12.2 Å². The normalized spacial score (nSPS) is 12.5. The molecule has 4 heterocycles. The van der Waals surface area contributed by atoms with Gasteiger partial charge in [-0.05, 0) is 67.1 Å². The molecule has 0 saturated carbocycles. The SMILES string of the molecule is Cc1cc(Cl)cc(C(=O)NC(C)c2ccc(C(F)(F)F)cn2)c1NC(=O)c1cc(Cn2nnc(C(F)(F)F)n2)nn1-c1ncccc1Cl. The van der Waals surface area contributed by atoms with Gasteiger partial charge >= 0.3 is 12.4 Å². The molecular weight excluding hydrogens is 693 g/mol. The minimum absolute atomic E-state index is 0.00163. The Balaban J connectivity index is 1.45. The van der Waals surface area contributed by atoms with Crippen LogP contribution in [0.15, 0.2) is 54.9 Å². The number of carbonyl (C=O) groups excluding carboxylic acids is 2. The number of nitrogens with zero attached hydrogens (tertiary/aromatic N) is 8. The summed E-state index contributed by atoms with van der Waals surface area (Å²) in [4.78, 5) is 35.8. The number of hydrogen-bond acceptors (Lipinski definition) is 8. The summed E-state index contributed by atoms with van der Waals surface area (Å²) in [5, 5.41) is 19.4. The summed E-state index contributed by atoms with van der Waals surface area (Å²) < 4.78 is 78.9. The van der Waals surface area contributed by atoms with Crippen LogP contribution in [0.25, 0.3) is 5.82 Å². The summed E-state index contributed by atoms with van der Waals surface area (Å²) in [7, 11) is 0. The van der Waals surface area contributed by atoms with Crippen LogP contribution in [0.4, 0.5) is 32.0 Å². The van der Waals surface area contributed by atoms with Gasteiger partial charge in [-0.2, -0.15) is 36.2 Å². The van der Waals surface area contributed by atoms with E-state index < -0.39 is 48.1 Å². The van der Waals surface area contributed by atoms with Crippen LogP contribution in [0.2, 0.25) is 10.0 Å². The zero-order valence-electron chi connectivity index (χ0n) is 24.4. The van der Waals surface area contributed by atoms with Gasteiger partial charge in [0, 0.05) is 17.4 Å². The maximum atomic E-state index is 13.8. The second-order valence-corrected chi connectivity index (χ2v) is 11.0. The standard InChI is InChI=1S/C28H20Cl2F6N10O2/c1-13-8-16(29)9-18(24(47)39-14(2)20-6-5-15(11-38-20)27(31,32)33)22(13)40-25(48)21-10-17(12-45-43-26(41-44-45)28(34,35)36)42-46(21)23-19(30)4-3-7-37-23/h3-11,14H,12H2,1-2H3,(H,39,47)(H,40,48). The molecule has 12 nitrogen and oxygen atoms in total. The molecule has 0 spiro atoms. The van der Waals surface area contributed by atoms with Crippen LogP contribution in [0.5, 0.6) is 0 Å². The Morgan fingerprint density at radius 2 is 1.71 bits per heavy atom. The largest absolute Gasteiger partial charge is 0.455 e. The number of aryl methyl sites for hydroxylation is 1. The molecule has 250 valence electrons. The molecule has 2 amide bonds. The molecule has 2 N–H and O–H groups in total. The van der Waals surface area contributed by atoms with Gasteiger partial charge in [-0.3, -0.25) is 14.6 Å². The Kier molecular flexibility index (Phi) is 9.41. The lowest BCUT2D eigenvalue weighted by Gasteiger charge is -2.18. The highest BCUT2D eigenvalue weighted by atomic mass is 35.5. The fourth-order valence-electron chi connectivity index (χ4n) is 4.38. The lowest BCUT2D eigenvalue weighted by atomic mass is 10.1. The number of aromatic nitrogens is 8. The molecule has 0 aliphatic rings. The van der Waals surface area contributed by atoms with Crippen molar-refractivity contribution >= 4 is 40.7 Å². The number of carbonyl (C=O) groups is 2. The number of benzene rings is 1. The topological polar surface area (TPSA) is 145 Å². The van der Waals surface area contributed by atoms with E-state index in [0.717, 1.165) is 16.8 Å².